The fourth-order valence-electron chi connectivity index (χ4n) is 3.06. The van der Waals surface area contributed by atoms with Crippen molar-refractivity contribution in [3.05, 3.63) is 35.4 Å². The molecule has 2 unspecified atom stereocenters. The molecule has 2 saturated heterocycles. The Balaban J connectivity index is 1.50. The van der Waals surface area contributed by atoms with E-state index in [0.717, 1.165) is 19.2 Å². The average Bonchev–Trinajstić information content (AvgIpc) is 2.88. The molecule has 2 nitrogen and oxygen atoms in total. The Bertz CT molecular complexity index is 361. The maximum atomic E-state index is 6.02. The molecular weight excluding hydrogens is 210 g/mol. The van der Waals surface area contributed by atoms with E-state index < -0.39 is 0 Å². The summed E-state index contributed by atoms with van der Waals surface area (Å²) in [5, 5.41) is 0. The van der Waals surface area contributed by atoms with Gasteiger partial charge in [0.1, 0.15) is 0 Å². The van der Waals surface area contributed by atoms with Crippen LogP contribution >= 0.6 is 0 Å². The summed E-state index contributed by atoms with van der Waals surface area (Å²) >= 11 is 0. The molecule has 17 heavy (non-hydrogen) atoms. The summed E-state index contributed by atoms with van der Waals surface area (Å²) in [4.78, 5) is 2.60. The predicted molar refractivity (Wildman–Crippen MR) is 69.0 cm³/mol. The van der Waals surface area contributed by atoms with E-state index in [-0.39, 0.29) is 0 Å². The van der Waals surface area contributed by atoms with Crippen LogP contribution in [-0.4, -0.2) is 30.1 Å². The van der Waals surface area contributed by atoms with Crippen molar-refractivity contribution >= 4 is 0 Å². The predicted octanol–water partition coefficient (Wildman–Crippen LogP) is 2.75. The number of benzene rings is 1. The molecule has 0 aliphatic carbocycles. The van der Waals surface area contributed by atoms with Gasteiger partial charge in [0.2, 0.25) is 0 Å². The lowest BCUT2D eigenvalue weighted by Gasteiger charge is -2.13. The minimum Gasteiger partial charge on any atom is -0.372 e. The van der Waals surface area contributed by atoms with E-state index in [1.807, 2.05) is 0 Å². The Labute approximate surface area is 104 Å². The first kappa shape index (κ1) is 11.2. The zero-order chi connectivity index (χ0) is 11.7. The molecule has 3 rings (SSSR count). The molecule has 0 bridgehead atoms. The average molecular weight is 231 g/mol. The second kappa shape index (κ2) is 4.79. The number of nitrogens with zero attached hydrogens (tertiary/aromatic N) is 1. The maximum absolute atomic E-state index is 6.02. The van der Waals surface area contributed by atoms with Gasteiger partial charge in [0.05, 0.1) is 12.7 Å². The van der Waals surface area contributed by atoms with E-state index in [2.05, 4.69) is 36.1 Å². The van der Waals surface area contributed by atoms with E-state index in [0.29, 0.717) is 6.10 Å². The molecule has 0 radical (unpaired) electrons. The van der Waals surface area contributed by atoms with Gasteiger partial charge in [-0.15, -0.1) is 0 Å². The van der Waals surface area contributed by atoms with Crippen molar-refractivity contribution < 1.29 is 4.74 Å². The van der Waals surface area contributed by atoms with Gasteiger partial charge in [-0.25, -0.2) is 0 Å². The van der Waals surface area contributed by atoms with Crippen LogP contribution in [-0.2, 0) is 11.3 Å². The first-order chi connectivity index (χ1) is 8.31. The molecule has 0 amide bonds. The molecule has 2 heterocycles. The van der Waals surface area contributed by atoms with Gasteiger partial charge < -0.3 is 4.74 Å². The van der Waals surface area contributed by atoms with Gasteiger partial charge >= 0.3 is 0 Å². The van der Waals surface area contributed by atoms with Crippen LogP contribution in [0.25, 0.3) is 0 Å². The molecule has 0 saturated carbocycles. The normalized spacial score (nSPS) is 28.5. The highest BCUT2D eigenvalue weighted by Crippen LogP contribution is 2.29. The van der Waals surface area contributed by atoms with E-state index >= 15 is 0 Å². The van der Waals surface area contributed by atoms with Crippen LogP contribution < -0.4 is 0 Å². The molecule has 92 valence electrons. The Kier molecular flexibility index (Phi) is 3.17. The van der Waals surface area contributed by atoms with Crippen molar-refractivity contribution in [3.63, 3.8) is 0 Å². The highest BCUT2D eigenvalue weighted by Gasteiger charge is 2.35. The minimum atomic E-state index is 0.460. The SMILES string of the molecule is Cc1ccc(COC2CC3CCCN3C2)cc1. The van der Waals surface area contributed by atoms with Crippen molar-refractivity contribution in [2.75, 3.05) is 13.1 Å². The summed E-state index contributed by atoms with van der Waals surface area (Å²) in [7, 11) is 0. The van der Waals surface area contributed by atoms with Crippen LogP contribution in [0.3, 0.4) is 0 Å². The molecule has 0 aromatic heterocycles. The molecular formula is C15H21NO. The maximum Gasteiger partial charge on any atom is 0.0721 e. The number of hydrogen-bond donors (Lipinski definition) is 0. The van der Waals surface area contributed by atoms with E-state index in [1.165, 1.54) is 36.9 Å². The second-order valence-electron chi connectivity index (χ2n) is 5.45. The van der Waals surface area contributed by atoms with Crippen molar-refractivity contribution in [3.8, 4) is 0 Å². The van der Waals surface area contributed by atoms with Crippen molar-refractivity contribution in [1.29, 1.82) is 0 Å². The van der Waals surface area contributed by atoms with Crippen molar-refractivity contribution in [1.82, 2.24) is 4.90 Å². The van der Waals surface area contributed by atoms with E-state index in [9.17, 15) is 0 Å². The Hall–Kier alpha value is -0.860. The van der Waals surface area contributed by atoms with Gasteiger partial charge in [-0.05, 0) is 38.3 Å². The molecule has 2 aliphatic heterocycles. The van der Waals surface area contributed by atoms with Gasteiger partial charge in [-0.3, -0.25) is 4.90 Å². The third-order valence-corrected chi connectivity index (χ3v) is 4.08. The van der Waals surface area contributed by atoms with Crippen LogP contribution in [0.2, 0.25) is 0 Å². The molecule has 1 aromatic rings. The second-order valence-corrected chi connectivity index (χ2v) is 5.45. The van der Waals surface area contributed by atoms with Gasteiger partial charge in [0.15, 0.2) is 0 Å². The Morgan fingerprint density at radius 1 is 1.29 bits per heavy atom. The summed E-state index contributed by atoms with van der Waals surface area (Å²) < 4.78 is 6.02. The zero-order valence-electron chi connectivity index (χ0n) is 10.6. The lowest BCUT2D eigenvalue weighted by atomic mass is 10.1. The molecule has 2 fully saturated rings. The fraction of sp³-hybridized carbons (Fsp3) is 0.600. The third kappa shape index (κ3) is 2.53. The van der Waals surface area contributed by atoms with Crippen molar-refractivity contribution in [2.24, 2.45) is 0 Å². The molecule has 2 aliphatic rings. The number of hydrogen-bond acceptors (Lipinski definition) is 2. The summed E-state index contributed by atoms with van der Waals surface area (Å²) in [5.74, 6) is 0. The molecule has 2 heteroatoms. The Morgan fingerprint density at radius 3 is 2.88 bits per heavy atom. The van der Waals surface area contributed by atoms with Gasteiger partial charge in [0, 0.05) is 12.6 Å². The molecule has 2 atom stereocenters. The van der Waals surface area contributed by atoms with Crippen LogP contribution in [0.5, 0.6) is 0 Å². The third-order valence-electron chi connectivity index (χ3n) is 4.08. The highest BCUT2D eigenvalue weighted by atomic mass is 16.5. The highest BCUT2D eigenvalue weighted by molar-refractivity contribution is 5.20. The summed E-state index contributed by atoms with van der Waals surface area (Å²) in [6, 6.07) is 9.48. The van der Waals surface area contributed by atoms with Crippen LogP contribution in [0.15, 0.2) is 24.3 Å². The van der Waals surface area contributed by atoms with E-state index in [1.54, 1.807) is 0 Å². The van der Waals surface area contributed by atoms with Gasteiger partial charge in [-0.1, -0.05) is 29.8 Å². The standard InChI is InChI=1S/C15H21NO/c1-12-4-6-13(7-5-12)11-17-15-9-14-3-2-8-16(14)10-15/h4-7,14-15H,2-3,8-11H2,1H3. The monoisotopic (exact) mass is 231 g/mol. The topological polar surface area (TPSA) is 12.5 Å². The smallest absolute Gasteiger partial charge is 0.0721 e. The van der Waals surface area contributed by atoms with Crippen molar-refractivity contribution in [2.45, 2.75) is 44.9 Å². The number of ether oxygens (including phenoxy) is 1. The quantitative estimate of drug-likeness (QED) is 0.793. The largest absolute Gasteiger partial charge is 0.372 e. The number of aryl methyl sites for hydroxylation is 1. The Morgan fingerprint density at radius 2 is 2.12 bits per heavy atom. The molecule has 1 aromatic carbocycles. The molecule has 0 N–H and O–H groups in total. The van der Waals surface area contributed by atoms with Gasteiger partial charge in [0.25, 0.3) is 0 Å². The van der Waals surface area contributed by atoms with Crippen LogP contribution in [0, 0.1) is 6.92 Å². The first-order valence-electron chi connectivity index (χ1n) is 6.72. The number of rotatable bonds is 3. The van der Waals surface area contributed by atoms with Crippen LogP contribution in [0.1, 0.15) is 30.4 Å². The summed E-state index contributed by atoms with van der Waals surface area (Å²) in [6.07, 6.45) is 4.47. The summed E-state index contributed by atoms with van der Waals surface area (Å²) in [6.45, 7) is 5.33. The lowest BCUT2D eigenvalue weighted by molar-refractivity contribution is 0.0461. The van der Waals surface area contributed by atoms with Crippen LogP contribution in [0.4, 0.5) is 0 Å². The number of fused-ring (bicyclic) bond motifs is 1. The minimum absolute atomic E-state index is 0.460. The molecule has 0 spiro atoms. The van der Waals surface area contributed by atoms with Gasteiger partial charge in [-0.2, -0.15) is 0 Å². The first-order valence-corrected chi connectivity index (χ1v) is 6.72. The summed E-state index contributed by atoms with van der Waals surface area (Å²) in [5.41, 5.74) is 2.61. The zero-order valence-corrected chi connectivity index (χ0v) is 10.6. The van der Waals surface area contributed by atoms with E-state index in [4.69, 9.17) is 4.74 Å². The fourth-order valence-corrected chi connectivity index (χ4v) is 3.06. The lowest BCUT2D eigenvalue weighted by Crippen LogP contribution is -2.23.